The minimum Gasteiger partial charge on any atom is -0.388 e. The summed E-state index contributed by atoms with van der Waals surface area (Å²) in [6.45, 7) is 2.08. The van der Waals surface area contributed by atoms with Crippen molar-refractivity contribution in [1.29, 1.82) is 0 Å². The number of rotatable bonds is 2. The predicted octanol–water partition coefficient (Wildman–Crippen LogP) is 1.05. The lowest BCUT2D eigenvalue weighted by Gasteiger charge is -2.20. The maximum absolute atomic E-state index is 5.48. The number of hydrogen-bond donors (Lipinski definition) is 1. The molecular weight excluding hydrogens is 240 g/mol. The van der Waals surface area contributed by atoms with Crippen molar-refractivity contribution in [1.82, 2.24) is 9.97 Å². The van der Waals surface area contributed by atoms with Crippen LogP contribution in [-0.4, -0.2) is 39.6 Å². The van der Waals surface area contributed by atoms with Gasteiger partial charge < -0.3 is 10.6 Å². The predicted molar refractivity (Wildman–Crippen MR) is 72.1 cm³/mol. The van der Waals surface area contributed by atoms with Gasteiger partial charge in [0, 0.05) is 18.8 Å². The fourth-order valence-corrected chi connectivity index (χ4v) is 2.58. The highest BCUT2D eigenvalue weighted by Gasteiger charge is 2.11. The van der Waals surface area contributed by atoms with Crippen LogP contribution >= 0.6 is 24.0 Å². The van der Waals surface area contributed by atoms with Gasteiger partial charge >= 0.3 is 0 Å². The van der Waals surface area contributed by atoms with Crippen molar-refractivity contribution in [2.24, 2.45) is 5.73 Å². The number of anilines is 1. The lowest BCUT2D eigenvalue weighted by atomic mass is 10.4. The Morgan fingerprint density at radius 1 is 1.31 bits per heavy atom. The smallest absolute Gasteiger partial charge is 0.147 e. The van der Waals surface area contributed by atoms with E-state index in [9.17, 15) is 0 Å². The summed E-state index contributed by atoms with van der Waals surface area (Å²) in [7, 11) is 0. The van der Waals surface area contributed by atoms with Crippen LogP contribution in [-0.2, 0) is 0 Å². The van der Waals surface area contributed by atoms with Crippen molar-refractivity contribution >= 4 is 34.8 Å². The molecule has 16 heavy (non-hydrogen) atoms. The van der Waals surface area contributed by atoms with Crippen LogP contribution in [0.25, 0.3) is 0 Å². The molecule has 6 heteroatoms. The first-order valence-corrected chi connectivity index (χ1v) is 6.78. The molecule has 2 heterocycles. The van der Waals surface area contributed by atoms with Crippen LogP contribution in [0.2, 0.25) is 0 Å². The van der Waals surface area contributed by atoms with Gasteiger partial charge in [-0.3, -0.25) is 0 Å². The Hall–Kier alpha value is -0.880. The van der Waals surface area contributed by atoms with E-state index in [1.54, 1.807) is 12.4 Å². The fraction of sp³-hybridized carbons (Fsp3) is 0.500. The molecule has 0 aliphatic carbocycles. The number of aromatic nitrogens is 2. The summed E-state index contributed by atoms with van der Waals surface area (Å²) in [6.07, 6.45) is 4.60. The first-order valence-electron chi connectivity index (χ1n) is 5.22. The molecule has 2 N–H and O–H groups in total. The van der Waals surface area contributed by atoms with Gasteiger partial charge in [0.25, 0.3) is 0 Å². The van der Waals surface area contributed by atoms with E-state index in [1.807, 2.05) is 11.8 Å². The summed E-state index contributed by atoms with van der Waals surface area (Å²) < 4.78 is 0. The number of nitrogens with zero attached hydrogens (tertiary/aromatic N) is 3. The van der Waals surface area contributed by atoms with E-state index in [4.69, 9.17) is 18.0 Å². The Morgan fingerprint density at radius 3 is 2.88 bits per heavy atom. The normalized spacial score (nSPS) is 16.9. The maximum atomic E-state index is 5.48. The molecule has 0 bridgehead atoms. The first-order chi connectivity index (χ1) is 7.77. The summed E-state index contributed by atoms with van der Waals surface area (Å²) in [4.78, 5) is 11.1. The molecule has 0 aromatic carbocycles. The Balaban J connectivity index is 2.10. The van der Waals surface area contributed by atoms with Gasteiger partial charge in [-0.05, 0) is 12.2 Å². The molecule has 1 aliphatic rings. The second-order valence-electron chi connectivity index (χ2n) is 3.58. The minimum absolute atomic E-state index is 0.297. The third-order valence-electron chi connectivity index (χ3n) is 2.44. The monoisotopic (exact) mass is 254 g/mol. The zero-order chi connectivity index (χ0) is 11.4. The quantitative estimate of drug-likeness (QED) is 0.796. The topological polar surface area (TPSA) is 55.0 Å². The second-order valence-corrected chi connectivity index (χ2v) is 5.24. The van der Waals surface area contributed by atoms with Crippen LogP contribution in [0.5, 0.6) is 0 Å². The average Bonchev–Trinajstić information content (AvgIpc) is 2.57. The molecule has 0 atom stereocenters. The Bertz CT molecular complexity index is 358. The van der Waals surface area contributed by atoms with Gasteiger partial charge in [-0.1, -0.05) is 12.2 Å². The molecule has 0 saturated carbocycles. The third kappa shape index (κ3) is 2.82. The molecule has 1 aromatic heterocycles. The molecule has 4 nitrogen and oxygen atoms in total. The SMILES string of the molecule is NC(=S)c1cnc(N2CCCSCC2)cn1. The van der Waals surface area contributed by atoms with Crippen LogP contribution < -0.4 is 10.6 Å². The molecule has 86 valence electrons. The van der Waals surface area contributed by atoms with Crippen LogP contribution in [0.1, 0.15) is 12.1 Å². The number of thiocarbonyl (C=S) groups is 1. The summed E-state index contributed by atoms with van der Waals surface area (Å²) in [5.74, 6) is 3.30. The average molecular weight is 254 g/mol. The minimum atomic E-state index is 0.297. The van der Waals surface area contributed by atoms with Crippen LogP contribution in [0.15, 0.2) is 12.4 Å². The maximum Gasteiger partial charge on any atom is 0.147 e. The van der Waals surface area contributed by atoms with Gasteiger partial charge in [0.1, 0.15) is 16.5 Å². The van der Waals surface area contributed by atoms with E-state index in [0.29, 0.717) is 10.7 Å². The highest BCUT2D eigenvalue weighted by atomic mass is 32.2. The highest BCUT2D eigenvalue weighted by Crippen LogP contribution is 2.15. The van der Waals surface area contributed by atoms with Crippen LogP contribution in [0, 0.1) is 0 Å². The molecule has 0 spiro atoms. The van der Waals surface area contributed by atoms with Crippen molar-refractivity contribution in [3.8, 4) is 0 Å². The molecular formula is C10H14N4S2. The van der Waals surface area contributed by atoms with E-state index < -0.39 is 0 Å². The van der Waals surface area contributed by atoms with Crippen LogP contribution in [0.4, 0.5) is 5.82 Å². The van der Waals surface area contributed by atoms with Gasteiger partial charge in [0.15, 0.2) is 0 Å². The molecule has 0 amide bonds. The van der Waals surface area contributed by atoms with E-state index in [2.05, 4.69) is 14.9 Å². The van der Waals surface area contributed by atoms with Crippen molar-refractivity contribution < 1.29 is 0 Å². The summed E-state index contributed by atoms with van der Waals surface area (Å²) in [6, 6.07) is 0. The lowest BCUT2D eigenvalue weighted by molar-refractivity contribution is 0.797. The zero-order valence-corrected chi connectivity index (χ0v) is 10.6. The van der Waals surface area contributed by atoms with Crippen molar-refractivity contribution in [2.45, 2.75) is 6.42 Å². The molecule has 2 rings (SSSR count). The Labute approximate surface area is 105 Å². The highest BCUT2D eigenvalue weighted by molar-refractivity contribution is 7.99. The van der Waals surface area contributed by atoms with Gasteiger partial charge in [0.05, 0.1) is 12.4 Å². The number of nitrogens with two attached hydrogens (primary N) is 1. The number of hydrogen-bond acceptors (Lipinski definition) is 5. The van der Waals surface area contributed by atoms with E-state index in [0.717, 1.165) is 24.7 Å². The Kier molecular flexibility index (Phi) is 3.95. The molecule has 0 radical (unpaired) electrons. The van der Waals surface area contributed by atoms with E-state index in [1.165, 1.54) is 12.2 Å². The standard InChI is InChI=1S/C10H14N4S2/c11-10(15)8-6-13-9(7-12-8)14-2-1-4-16-5-3-14/h6-7H,1-5H2,(H2,11,15). The second kappa shape index (κ2) is 5.45. The molecule has 1 aromatic rings. The summed E-state index contributed by atoms with van der Waals surface area (Å²) >= 11 is 6.83. The van der Waals surface area contributed by atoms with Crippen molar-refractivity contribution in [3.63, 3.8) is 0 Å². The molecule has 1 fully saturated rings. The van der Waals surface area contributed by atoms with Gasteiger partial charge in [0.2, 0.25) is 0 Å². The van der Waals surface area contributed by atoms with Crippen molar-refractivity contribution in [3.05, 3.63) is 18.1 Å². The van der Waals surface area contributed by atoms with Crippen molar-refractivity contribution in [2.75, 3.05) is 29.5 Å². The fourth-order valence-electron chi connectivity index (χ4n) is 1.59. The van der Waals surface area contributed by atoms with Gasteiger partial charge in [-0.25, -0.2) is 9.97 Å². The third-order valence-corrected chi connectivity index (χ3v) is 3.69. The lowest BCUT2D eigenvalue weighted by Crippen LogP contribution is -2.26. The molecule has 1 aliphatic heterocycles. The van der Waals surface area contributed by atoms with Gasteiger partial charge in [-0.15, -0.1) is 0 Å². The molecule has 1 saturated heterocycles. The number of thioether (sulfide) groups is 1. The summed E-state index contributed by atoms with van der Waals surface area (Å²) in [5, 5.41) is 0. The van der Waals surface area contributed by atoms with E-state index >= 15 is 0 Å². The zero-order valence-electron chi connectivity index (χ0n) is 8.93. The summed E-state index contributed by atoms with van der Waals surface area (Å²) in [5.41, 5.74) is 6.07. The largest absolute Gasteiger partial charge is 0.388 e. The Morgan fingerprint density at radius 2 is 2.19 bits per heavy atom. The van der Waals surface area contributed by atoms with Crippen LogP contribution in [0.3, 0.4) is 0 Å². The van der Waals surface area contributed by atoms with E-state index in [-0.39, 0.29) is 0 Å². The van der Waals surface area contributed by atoms with Gasteiger partial charge in [-0.2, -0.15) is 11.8 Å². The first kappa shape index (κ1) is 11.6. The molecule has 0 unspecified atom stereocenters.